The first-order chi connectivity index (χ1) is 18.2. The fourth-order valence-corrected chi connectivity index (χ4v) is 6.13. The maximum atomic E-state index is 13.5. The lowest BCUT2D eigenvalue weighted by atomic mass is 10.0. The number of amides is 2. The molecule has 206 valence electrons. The molecule has 2 amide bonds. The van der Waals surface area contributed by atoms with Crippen LogP contribution in [0.5, 0.6) is 0 Å². The highest BCUT2D eigenvalue weighted by Gasteiger charge is 2.27. The molecule has 1 saturated heterocycles. The smallest absolute Gasteiger partial charge is 0.253 e. The Bertz CT molecular complexity index is 1210. The molecule has 10 heteroatoms. The van der Waals surface area contributed by atoms with E-state index >= 15 is 0 Å². The number of sulfonamides is 1. The summed E-state index contributed by atoms with van der Waals surface area (Å²) in [7, 11) is -3.27. The predicted molar refractivity (Wildman–Crippen MR) is 148 cm³/mol. The van der Waals surface area contributed by atoms with Gasteiger partial charge >= 0.3 is 0 Å². The minimum atomic E-state index is -3.27. The Morgan fingerprint density at radius 2 is 1.63 bits per heavy atom. The van der Waals surface area contributed by atoms with Gasteiger partial charge in [0.15, 0.2) is 0 Å². The molecule has 4 rings (SSSR count). The first kappa shape index (κ1) is 28.2. The molecular formula is C28H39N5O4S. The Labute approximate surface area is 226 Å². The highest BCUT2D eigenvalue weighted by atomic mass is 32.2. The molecule has 2 aliphatic rings. The van der Waals surface area contributed by atoms with Crippen LogP contribution in [0.15, 0.2) is 42.7 Å². The molecule has 0 atom stereocenters. The van der Waals surface area contributed by atoms with Gasteiger partial charge < -0.3 is 9.80 Å². The Kier molecular flexibility index (Phi) is 9.51. The fourth-order valence-electron chi connectivity index (χ4n) is 5.30. The van der Waals surface area contributed by atoms with Crippen LogP contribution in [0, 0.1) is 0 Å². The van der Waals surface area contributed by atoms with Gasteiger partial charge in [0.1, 0.15) is 0 Å². The molecule has 38 heavy (non-hydrogen) atoms. The van der Waals surface area contributed by atoms with Crippen molar-refractivity contribution in [3.63, 3.8) is 0 Å². The average molecular weight is 542 g/mol. The maximum absolute atomic E-state index is 13.5. The second-order valence-electron chi connectivity index (χ2n) is 10.3. The van der Waals surface area contributed by atoms with Crippen molar-refractivity contribution in [2.45, 2.75) is 52.1 Å². The molecule has 9 nitrogen and oxygen atoms in total. The maximum Gasteiger partial charge on any atom is 0.253 e. The van der Waals surface area contributed by atoms with Gasteiger partial charge in [-0.25, -0.2) is 8.42 Å². The first-order valence-electron chi connectivity index (χ1n) is 13.5. The molecule has 0 bridgehead atoms. The van der Waals surface area contributed by atoms with E-state index in [2.05, 4.69) is 16.0 Å². The van der Waals surface area contributed by atoms with Crippen LogP contribution in [-0.2, 0) is 27.9 Å². The molecular weight excluding hydrogens is 502 g/mol. The van der Waals surface area contributed by atoms with Crippen molar-refractivity contribution < 1.29 is 18.0 Å². The summed E-state index contributed by atoms with van der Waals surface area (Å²) < 4.78 is 25.2. The van der Waals surface area contributed by atoms with Crippen molar-refractivity contribution in [3.05, 3.63) is 59.4 Å². The minimum absolute atomic E-state index is 0.00177. The standard InChI is InChI=1S/C28H39N5O4S/c1-23(34)33-14-7-5-3-4-6-13-30(21-24-9-8-12-29-20-24)22-26-19-25(10-11-27(26)33)28(35)31-15-17-32(18-16-31)38(2,36)37/h8-12,19-20H,3-7,13-18,21-22H2,1-2H3. The predicted octanol–water partition coefficient (Wildman–Crippen LogP) is 3.12. The third-order valence-corrected chi connectivity index (χ3v) is 8.67. The molecule has 0 radical (unpaired) electrons. The van der Waals surface area contributed by atoms with Crippen LogP contribution in [0.4, 0.5) is 5.69 Å². The summed E-state index contributed by atoms with van der Waals surface area (Å²) in [5.74, 6) is -0.113. The zero-order chi connectivity index (χ0) is 27.1. The summed E-state index contributed by atoms with van der Waals surface area (Å²) in [6.45, 7) is 5.83. The van der Waals surface area contributed by atoms with Gasteiger partial charge in [-0.3, -0.25) is 19.5 Å². The van der Waals surface area contributed by atoms with Crippen LogP contribution in [0.1, 0.15) is 60.5 Å². The number of anilines is 1. The van der Waals surface area contributed by atoms with E-state index in [1.807, 2.05) is 29.3 Å². The molecule has 1 aromatic carbocycles. The van der Waals surface area contributed by atoms with Crippen LogP contribution in [0.2, 0.25) is 0 Å². The summed E-state index contributed by atoms with van der Waals surface area (Å²) >= 11 is 0. The molecule has 2 aromatic rings. The molecule has 0 unspecified atom stereocenters. The number of piperazine rings is 1. The highest BCUT2D eigenvalue weighted by molar-refractivity contribution is 7.88. The highest BCUT2D eigenvalue weighted by Crippen LogP contribution is 2.27. The van der Waals surface area contributed by atoms with E-state index in [1.165, 1.54) is 10.6 Å². The second-order valence-corrected chi connectivity index (χ2v) is 12.3. The van der Waals surface area contributed by atoms with Crippen molar-refractivity contribution >= 4 is 27.5 Å². The van der Waals surface area contributed by atoms with E-state index in [4.69, 9.17) is 0 Å². The minimum Gasteiger partial charge on any atom is -0.336 e. The number of benzene rings is 1. The van der Waals surface area contributed by atoms with Crippen molar-refractivity contribution in [1.29, 1.82) is 0 Å². The third-order valence-electron chi connectivity index (χ3n) is 7.37. The second kappa shape index (κ2) is 12.8. The van der Waals surface area contributed by atoms with Crippen molar-refractivity contribution in [2.24, 2.45) is 0 Å². The van der Waals surface area contributed by atoms with Gasteiger partial charge in [-0.2, -0.15) is 4.31 Å². The number of carbonyl (C=O) groups excluding carboxylic acids is 2. The third kappa shape index (κ3) is 7.39. The molecule has 0 aliphatic carbocycles. The molecule has 1 fully saturated rings. The Morgan fingerprint density at radius 3 is 2.29 bits per heavy atom. The van der Waals surface area contributed by atoms with Gasteiger partial charge in [-0.05, 0) is 54.8 Å². The summed E-state index contributed by atoms with van der Waals surface area (Å²) in [4.78, 5) is 36.4. The zero-order valence-electron chi connectivity index (χ0n) is 22.5. The Hall–Kier alpha value is -2.82. The van der Waals surface area contributed by atoms with Gasteiger partial charge in [-0.15, -0.1) is 0 Å². The van der Waals surface area contributed by atoms with Crippen molar-refractivity contribution in [3.8, 4) is 0 Å². The van der Waals surface area contributed by atoms with Crippen LogP contribution < -0.4 is 4.90 Å². The molecule has 1 aromatic heterocycles. The number of pyridine rings is 1. The summed E-state index contributed by atoms with van der Waals surface area (Å²) in [5.41, 5.74) is 3.49. The van der Waals surface area contributed by atoms with E-state index in [-0.39, 0.29) is 11.8 Å². The summed E-state index contributed by atoms with van der Waals surface area (Å²) in [5, 5.41) is 0. The number of hydrogen-bond donors (Lipinski definition) is 0. The quantitative estimate of drug-likeness (QED) is 0.591. The zero-order valence-corrected chi connectivity index (χ0v) is 23.3. The molecule has 0 saturated carbocycles. The molecule has 0 N–H and O–H groups in total. The Morgan fingerprint density at radius 1 is 0.921 bits per heavy atom. The van der Waals surface area contributed by atoms with E-state index in [0.29, 0.717) is 44.8 Å². The first-order valence-corrected chi connectivity index (χ1v) is 15.3. The lowest BCUT2D eigenvalue weighted by Crippen LogP contribution is -2.50. The topological polar surface area (TPSA) is 94.1 Å². The van der Waals surface area contributed by atoms with Crippen molar-refractivity contribution in [2.75, 3.05) is 50.4 Å². The van der Waals surface area contributed by atoms with E-state index in [9.17, 15) is 18.0 Å². The number of aromatic nitrogens is 1. The lowest BCUT2D eigenvalue weighted by Gasteiger charge is -2.33. The largest absolute Gasteiger partial charge is 0.336 e. The normalized spacial score (nSPS) is 18.8. The van der Waals surface area contributed by atoms with E-state index in [1.54, 1.807) is 24.1 Å². The van der Waals surface area contributed by atoms with Crippen LogP contribution in [0.25, 0.3) is 0 Å². The average Bonchev–Trinajstić information content (AvgIpc) is 2.89. The van der Waals surface area contributed by atoms with Crippen LogP contribution in [0.3, 0.4) is 0 Å². The molecule has 0 spiro atoms. The number of rotatable bonds is 4. The SMILES string of the molecule is CC(=O)N1CCCCCCCN(Cc2cccnc2)Cc2cc(C(=O)N3CCN(S(C)(=O)=O)CC3)ccc21. The summed E-state index contributed by atoms with van der Waals surface area (Å²) in [6.07, 6.45) is 10.3. The van der Waals surface area contributed by atoms with Crippen LogP contribution >= 0.6 is 0 Å². The van der Waals surface area contributed by atoms with Crippen molar-refractivity contribution in [1.82, 2.24) is 19.1 Å². The molecule has 2 aliphatic heterocycles. The lowest BCUT2D eigenvalue weighted by molar-refractivity contribution is -0.116. The number of hydrogen-bond acceptors (Lipinski definition) is 6. The summed E-state index contributed by atoms with van der Waals surface area (Å²) in [6, 6.07) is 9.65. The monoisotopic (exact) mass is 541 g/mol. The Balaban J connectivity index is 1.63. The number of nitrogens with zero attached hydrogens (tertiary/aromatic N) is 5. The van der Waals surface area contributed by atoms with Crippen LogP contribution in [-0.4, -0.2) is 84.8 Å². The van der Waals surface area contributed by atoms with E-state index in [0.717, 1.165) is 62.0 Å². The number of fused-ring (bicyclic) bond motifs is 1. The van der Waals surface area contributed by atoms with Gasteiger partial charge in [-0.1, -0.05) is 25.3 Å². The molecule has 3 heterocycles. The van der Waals surface area contributed by atoms with Gasteiger partial charge in [0, 0.05) is 76.4 Å². The van der Waals surface area contributed by atoms with Gasteiger partial charge in [0.05, 0.1) is 6.26 Å². The van der Waals surface area contributed by atoms with Gasteiger partial charge in [0.25, 0.3) is 5.91 Å². The van der Waals surface area contributed by atoms with Gasteiger partial charge in [0.2, 0.25) is 15.9 Å². The van der Waals surface area contributed by atoms with E-state index < -0.39 is 10.0 Å². The number of carbonyl (C=O) groups is 2. The fraction of sp³-hybridized carbons (Fsp3) is 0.536.